The number of hydrogen-bond acceptors (Lipinski definition) is 6. The van der Waals surface area contributed by atoms with Crippen LogP contribution >= 0.6 is 11.8 Å². The van der Waals surface area contributed by atoms with Gasteiger partial charge >= 0.3 is 0 Å². The van der Waals surface area contributed by atoms with Crippen LogP contribution in [-0.2, 0) is 0 Å². The molecule has 1 aliphatic rings. The summed E-state index contributed by atoms with van der Waals surface area (Å²) in [6.07, 6.45) is 8.56. The quantitative estimate of drug-likeness (QED) is 0.492. The molecule has 0 bridgehead atoms. The minimum atomic E-state index is 0.383. The first-order valence-electron chi connectivity index (χ1n) is 9.98. The Morgan fingerprint density at radius 2 is 1.84 bits per heavy atom. The fourth-order valence-corrected chi connectivity index (χ4v) is 5.08. The first-order chi connectivity index (χ1) is 15.2. The van der Waals surface area contributed by atoms with E-state index in [4.69, 9.17) is 0 Å². The van der Waals surface area contributed by atoms with Crippen molar-refractivity contribution in [2.75, 3.05) is 20.1 Å². The normalized spacial score (nSPS) is 16.4. The lowest BCUT2D eigenvalue weighted by molar-refractivity contribution is 0.382. The van der Waals surface area contributed by atoms with E-state index >= 15 is 0 Å². The molecule has 5 rings (SSSR count). The lowest BCUT2D eigenvalue weighted by Crippen LogP contribution is -2.16. The van der Waals surface area contributed by atoms with Gasteiger partial charge in [0.15, 0.2) is 0 Å². The van der Waals surface area contributed by atoms with E-state index in [1.54, 1.807) is 16.8 Å². The Kier molecular flexibility index (Phi) is 4.95. The molecule has 0 spiro atoms. The molecule has 1 saturated heterocycles. The number of benzene rings is 1. The highest BCUT2D eigenvalue weighted by Crippen LogP contribution is 2.37. The zero-order valence-corrected chi connectivity index (χ0v) is 17.8. The molecule has 3 aromatic heterocycles. The van der Waals surface area contributed by atoms with Crippen molar-refractivity contribution in [2.24, 2.45) is 0 Å². The molecule has 1 atom stereocenters. The summed E-state index contributed by atoms with van der Waals surface area (Å²) in [7, 11) is 2.13. The fourth-order valence-electron chi connectivity index (χ4n) is 3.98. The van der Waals surface area contributed by atoms with Gasteiger partial charge in [0.25, 0.3) is 0 Å². The number of hydrogen-bond donors (Lipinski definition) is 0. The van der Waals surface area contributed by atoms with Gasteiger partial charge in [0.05, 0.1) is 35.1 Å². The molecule has 4 aromatic rings. The van der Waals surface area contributed by atoms with Gasteiger partial charge in [0, 0.05) is 39.9 Å². The summed E-state index contributed by atoms with van der Waals surface area (Å²) in [6, 6.07) is 14.4. The van der Waals surface area contributed by atoms with Crippen molar-refractivity contribution in [3.8, 4) is 23.3 Å². The van der Waals surface area contributed by atoms with Crippen molar-refractivity contribution in [1.29, 1.82) is 10.5 Å². The molecule has 0 aliphatic carbocycles. The second-order valence-electron chi connectivity index (χ2n) is 7.68. The molecule has 0 saturated carbocycles. The van der Waals surface area contributed by atoms with E-state index < -0.39 is 0 Å². The van der Waals surface area contributed by atoms with Crippen molar-refractivity contribution < 1.29 is 0 Å². The van der Waals surface area contributed by atoms with Crippen LogP contribution in [0.4, 0.5) is 0 Å². The van der Waals surface area contributed by atoms with Crippen LogP contribution in [0, 0.1) is 22.7 Å². The van der Waals surface area contributed by atoms with E-state index in [9.17, 15) is 10.5 Å². The Balaban J connectivity index is 1.59. The van der Waals surface area contributed by atoms with Gasteiger partial charge in [0.1, 0.15) is 12.1 Å². The van der Waals surface area contributed by atoms with Gasteiger partial charge in [0.2, 0.25) is 0 Å². The van der Waals surface area contributed by atoms with Crippen LogP contribution in [0.5, 0.6) is 0 Å². The lowest BCUT2D eigenvalue weighted by Gasteiger charge is -2.11. The minimum absolute atomic E-state index is 0.383. The molecule has 4 heterocycles. The third-order valence-electron chi connectivity index (χ3n) is 5.60. The molecule has 1 aliphatic heterocycles. The molecule has 1 fully saturated rings. The summed E-state index contributed by atoms with van der Waals surface area (Å²) in [6.45, 7) is 2.08. The van der Waals surface area contributed by atoms with Crippen molar-refractivity contribution in [3.05, 3.63) is 66.2 Å². The van der Waals surface area contributed by atoms with Gasteiger partial charge in [-0.05, 0) is 38.2 Å². The summed E-state index contributed by atoms with van der Waals surface area (Å²) >= 11 is 1.48. The summed E-state index contributed by atoms with van der Waals surface area (Å²) in [5.41, 5.74) is 3.82. The van der Waals surface area contributed by atoms with Crippen LogP contribution in [-0.4, -0.2) is 44.4 Å². The van der Waals surface area contributed by atoms with Crippen LogP contribution in [0.25, 0.3) is 16.6 Å². The van der Waals surface area contributed by atoms with E-state index in [0.717, 1.165) is 45.9 Å². The van der Waals surface area contributed by atoms with Crippen LogP contribution in [0.2, 0.25) is 0 Å². The SMILES string of the molecule is CN1CC[C@@H](n2cc(-c3cc(Sc4ccccc4C#N)c4c(C#N)cnn4c3)cn2)C1. The Bertz CT molecular complexity index is 1350. The maximum absolute atomic E-state index is 9.57. The summed E-state index contributed by atoms with van der Waals surface area (Å²) < 4.78 is 3.79. The van der Waals surface area contributed by atoms with E-state index in [1.807, 2.05) is 35.3 Å². The van der Waals surface area contributed by atoms with Crippen molar-refractivity contribution in [3.63, 3.8) is 0 Å². The van der Waals surface area contributed by atoms with Crippen molar-refractivity contribution in [1.82, 2.24) is 24.3 Å². The highest BCUT2D eigenvalue weighted by atomic mass is 32.2. The van der Waals surface area contributed by atoms with E-state index in [-0.39, 0.29) is 0 Å². The minimum Gasteiger partial charge on any atom is -0.304 e. The smallest absolute Gasteiger partial charge is 0.103 e. The molecule has 0 unspecified atom stereocenters. The maximum Gasteiger partial charge on any atom is 0.103 e. The second-order valence-corrected chi connectivity index (χ2v) is 8.76. The van der Waals surface area contributed by atoms with Crippen LogP contribution in [0.3, 0.4) is 0 Å². The number of aromatic nitrogens is 4. The Morgan fingerprint density at radius 3 is 2.61 bits per heavy atom. The molecule has 152 valence electrons. The Morgan fingerprint density at radius 1 is 1.00 bits per heavy atom. The highest BCUT2D eigenvalue weighted by Gasteiger charge is 2.22. The number of fused-ring (bicyclic) bond motifs is 1. The molecular formula is C23H19N7S. The van der Waals surface area contributed by atoms with Gasteiger partial charge in [-0.15, -0.1) is 0 Å². The topological polar surface area (TPSA) is 85.9 Å². The van der Waals surface area contributed by atoms with Gasteiger partial charge in [-0.25, -0.2) is 4.52 Å². The molecule has 7 nitrogen and oxygen atoms in total. The van der Waals surface area contributed by atoms with Gasteiger partial charge < -0.3 is 4.90 Å². The standard InChI is InChI=1S/C23H19N7S/c1-28-7-6-20(15-28)29-14-19(12-26-29)17-8-22(23-18(10-25)11-27-30(23)13-17)31-21-5-3-2-4-16(21)9-24/h2-5,8,11-14,20H,6-7,15H2,1H3/t20-/m1/s1. The van der Waals surface area contributed by atoms with E-state index in [1.165, 1.54) is 11.8 Å². The summed E-state index contributed by atoms with van der Waals surface area (Å²) in [5, 5.41) is 28.1. The molecular weight excluding hydrogens is 406 g/mol. The molecule has 8 heteroatoms. The zero-order valence-electron chi connectivity index (χ0n) is 16.9. The third kappa shape index (κ3) is 3.57. The summed E-state index contributed by atoms with van der Waals surface area (Å²) in [5.74, 6) is 0. The molecule has 31 heavy (non-hydrogen) atoms. The third-order valence-corrected chi connectivity index (χ3v) is 6.71. The van der Waals surface area contributed by atoms with Crippen LogP contribution in [0.1, 0.15) is 23.6 Å². The molecule has 0 radical (unpaired) electrons. The van der Waals surface area contributed by atoms with E-state index in [2.05, 4.69) is 46.5 Å². The first-order valence-corrected chi connectivity index (χ1v) is 10.8. The first kappa shape index (κ1) is 19.4. The number of pyridine rings is 1. The van der Waals surface area contributed by atoms with Gasteiger partial charge in [-0.1, -0.05) is 23.9 Å². The average Bonchev–Trinajstić information content (AvgIpc) is 3.53. The van der Waals surface area contributed by atoms with Gasteiger partial charge in [-0.2, -0.15) is 20.7 Å². The van der Waals surface area contributed by atoms with Crippen LogP contribution < -0.4 is 0 Å². The maximum atomic E-state index is 9.57. The predicted molar refractivity (Wildman–Crippen MR) is 118 cm³/mol. The Hall–Kier alpha value is -3.59. The van der Waals surface area contributed by atoms with Crippen LogP contribution in [0.15, 0.2) is 64.9 Å². The monoisotopic (exact) mass is 425 g/mol. The molecule has 0 N–H and O–H groups in total. The van der Waals surface area contributed by atoms with E-state index in [0.29, 0.717) is 17.2 Å². The lowest BCUT2D eigenvalue weighted by atomic mass is 10.1. The predicted octanol–water partition coefficient (Wildman–Crippen LogP) is 3.97. The second kappa shape index (κ2) is 7.92. The number of nitrogens with zero attached hydrogens (tertiary/aromatic N) is 7. The summed E-state index contributed by atoms with van der Waals surface area (Å²) in [4.78, 5) is 4.04. The van der Waals surface area contributed by atoms with Gasteiger partial charge in [-0.3, -0.25) is 4.68 Å². The largest absolute Gasteiger partial charge is 0.304 e. The number of nitriles is 2. The zero-order chi connectivity index (χ0) is 21.4. The Labute approximate surface area is 184 Å². The van der Waals surface area contributed by atoms with Crippen molar-refractivity contribution >= 4 is 17.3 Å². The number of likely N-dealkylation sites (N-methyl/N-ethyl adjacent to an activating group) is 1. The number of rotatable bonds is 4. The fraction of sp³-hybridized carbons (Fsp3) is 0.217. The average molecular weight is 426 g/mol. The number of likely N-dealkylation sites (tertiary alicyclic amines) is 1. The molecule has 0 amide bonds. The van der Waals surface area contributed by atoms with Crippen molar-refractivity contribution in [2.45, 2.75) is 22.3 Å². The molecule has 1 aromatic carbocycles. The highest BCUT2D eigenvalue weighted by molar-refractivity contribution is 7.99.